The zero-order valence-electron chi connectivity index (χ0n) is 10.1. The van der Waals surface area contributed by atoms with Crippen LogP contribution < -0.4 is 5.32 Å². The van der Waals surface area contributed by atoms with Gasteiger partial charge in [0.25, 0.3) is 5.91 Å². The van der Waals surface area contributed by atoms with E-state index < -0.39 is 12.1 Å². The minimum Gasteiger partial charge on any atom is -0.391 e. The lowest BCUT2D eigenvalue weighted by Gasteiger charge is -2.21. The highest BCUT2D eigenvalue weighted by Crippen LogP contribution is 2.11. The molecule has 2 unspecified atom stereocenters. The van der Waals surface area contributed by atoms with E-state index in [1.165, 1.54) is 11.3 Å². The Morgan fingerprint density at radius 2 is 2.39 bits per heavy atom. The Kier molecular flexibility index (Phi) is 3.98. The molecule has 1 aliphatic rings. The van der Waals surface area contributed by atoms with Crippen molar-refractivity contribution in [3.63, 3.8) is 0 Å². The Morgan fingerprint density at radius 3 is 2.94 bits per heavy atom. The van der Waals surface area contributed by atoms with Crippen LogP contribution in [0.25, 0.3) is 0 Å². The third kappa shape index (κ3) is 2.88. The Morgan fingerprint density at radius 1 is 1.61 bits per heavy atom. The topological polar surface area (TPSA) is 69.6 Å². The summed E-state index contributed by atoms with van der Waals surface area (Å²) in [6.45, 7) is 2.58. The van der Waals surface area contributed by atoms with Crippen LogP contribution in [0.4, 0.5) is 0 Å². The van der Waals surface area contributed by atoms with E-state index >= 15 is 0 Å². The van der Waals surface area contributed by atoms with Gasteiger partial charge in [0.15, 0.2) is 0 Å². The van der Waals surface area contributed by atoms with E-state index in [-0.39, 0.29) is 11.8 Å². The van der Waals surface area contributed by atoms with Crippen molar-refractivity contribution < 1.29 is 14.7 Å². The van der Waals surface area contributed by atoms with Crippen LogP contribution in [-0.2, 0) is 4.79 Å². The molecule has 2 amide bonds. The second kappa shape index (κ2) is 5.49. The predicted octanol–water partition coefficient (Wildman–Crippen LogP) is 0.460. The molecule has 0 bridgehead atoms. The number of thiophene rings is 1. The van der Waals surface area contributed by atoms with E-state index in [9.17, 15) is 14.7 Å². The van der Waals surface area contributed by atoms with E-state index in [1.54, 1.807) is 24.0 Å². The van der Waals surface area contributed by atoms with Gasteiger partial charge in [0.1, 0.15) is 6.04 Å². The summed E-state index contributed by atoms with van der Waals surface area (Å²) in [6.07, 6.45) is 0.172. The summed E-state index contributed by atoms with van der Waals surface area (Å²) < 4.78 is 0. The molecule has 1 aliphatic heterocycles. The number of amides is 2. The first kappa shape index (κ1) is 13.0. The molecular weight excluding hydrogens is 252 g/mol. The first-order valence-electron chi connectivity index (χ1n) is 5.89. The zero-order valence-corrected chi connectivity index (χ0v) is 10.9. The van der Waals surface area contributed by atoms with Gasteiger partial charge in [0.2, 0.25) is 5.91 Å². The highest BCUT2D eigenvalue weighted by Gasteiger charge is 2.28. The lowest BCUT2D eigenvalue weighted by molar-refractivity contribution is -0.132. The number of hydrogen-bond acceptors (Lipinski definition) is 4. The van der Waals surface area contributed by atoms with Crippen molar-refractivity contribution in [1.29, 1.82) is 0 Å². The van der Waals surface area contributed by atoms with Crippen LogP contribution >= 0.6 is 11.3 Å². The minimum absolute atomic E-state index is 0.142. The number of aliphatic hydroxyl groups excluding tert-OH is 1. The average Bonchev–Trinajstić information content (AvgIpc) is 2.98. The summed E-state index contributed by atoms with van der Waals surface area (Å²) in [4.78, 5) is 26.0. The summed E-state index contributed by atoms with van der Waals surface area (Å²) in [5.41, 5.74) is 0. The van der Waals surface area contributed by atoms with Gasteiger partial charge in [-0.3, -0.25) is 9.59 Å². The van der Waals surface area contributed by atoms with E-state index in [1.807, 2.05) is 5.38 Å². The molecule has 2 N–H and O–H groups in total. The van der Waals surface area contributed by atoms with Crippen LogP contribution in [0, 0.1) is 0 Å². The number of nitrogens with one attached hydrogen (secondary N) is 1. The maximum absolute atomic E-state index is 12.0. The van der Waals surface area contributed by atoms with Crippen molar-refractivity contribution in [2.75, 3.05) is 13.1 Å². The Hall–Kier alpha value is -1.40. The van der Waals surface area contributed by atoms with E-state index in [0.29, 0.717) is 24.4 Å². The largest absolute Gasteiger partial charge is 0.391 e. The first-order chi connectivity index (χ1) is 8.58. The lowest BCUT2D eigenvalue weighted by atomic mass is 10.3. The van der Waals surface area contributed by atoms with Crippen LogP contribution in [0.1, 0.15) is 23.0 Å². The van der Waals surface area contributed by atoms with Gasteiger partial charge >= 0.3 is 0 Å². The minimum atomic E-state index is -0.565. The van der Waals surface area contributed by atoms with Crippen LogP contribution in [0.3, 0.4) is 0 Å². The fraction of sp³-hybridized carbons (Fsp3) is 0.500. The molecule has 0 aromatic carbocycles. The number of carbonyl (C=O) groups is 2. The Bertz CT molecular complexity index is 433. The SMILES string of the molecule is CC(NC(=O)c1cccs1)C(=O)N1CCC(O)C1. The molecule has 2 rings (SSSR count). The first-order valence-corrected chi connectivity index (χ1v) is 6.77. The van der Waals surface area contributed by atoms with Crippen molar-refractivity contribution in [2.45, 2.75) is 25.5 Å². The highest BCUT2D eigenvalue weighted by atomic mass is 32.1. The molecule has 2 atom stereocenters. The molecular formula is C12H16N2O3S. The summed E-state index contributed by atoms with van der Waals surface area (Å²) in [6, 6.07) is 2.95. The van der Waals surface area contributed by atoms with Crippen LogP contribution in [0.2, 0.25) is 0 Å². The molecule has 1 aromatic rings. The van der Waals surface area contributed by atoms with E-state index in [2.05, 4.69) is 5.32 Å². The number of carbonyl (C=O) groups excluding carboxylic acids is 2. The molecule has 1 fully saturated rings. The summed E-state index contributed by atoms with van der Waals surface area (Å²) in [5.74, 6) is -0.373. The smallest absolute Gasteiger partial charge is 0.261 e. The standard InChI is InChI=1S/C12H16N2O3S/c1-8(12(17)14-5-4-9(15)7-14)13-11(16)10-3-2-6-18-10/h2-3,6,8-9,15H,4-5,7H2,1H3,(H,13,16). The molecule has 1 aromatic heterocycles. The molecule has 0 radical (unpaired) electrons. The normalized spacial score (nSPS) is 20.8. The van der Waals surface area contributed by atoms with Gasteiger partial charge in [-0.05, 0) is 24.8 Å². The maximum Gasteiger partial charge on any atom is 0.261 e. The predicted molar refractivity (Wildman–Crippen MR) is 68.5 cm³/mol. The Balaban J connectivity index is 1.89. The fourth-order valence-corrected chi connectivity index (χ4v) is 2.58. The molecule has 0 aliphatic carbocycles. The fourth-order valence-electron chi connectivity index (χ4n) is 1.95. The van der Waals surface area contributed by atoms with Gasteiger partial charge in [-0.1, -0.05) is 6.07 Å². The van der Waals surface area contributed by atoms with Gasteiger partial charge in [-0.15, -0.1) is 11.3 Å². The number of likely N-dealkylation sites (tertiary alicyclic amines) is 1. The van der Waals surface area contributed by atoms with Crippen molar-refractivity contribution in [1.82, 2.24) is 10.2 Å². The molecule has 0 spiro atoms. The second-order valence-electron chi connectivity index (χ2n) is 4.40. The number of hydrogen-bond donors (Lipinski definition) is 2. The zero-order chi connectivity index (χ0) is 13.1. The molecule has 0 saturated carbocycles. The van der Waals surface area contributed by atoms with Crippen molar-refractivity contribution in [3.05, 3.63) is 22.4 Å². The Labute approximate surface area is 109 Å². The van der Waals surface area contributed by atoms with Gasteiger partial charge in [0.05, 0.1) is 11.0 Å². The third-order valence-corrected chi connectivity index (χ3v) is 3.81. The number of rotatable bonds is 3. The van der Waals surface area contributed by atoms with Gasteiger partial charge in [0, 0.05) is 13.1 Å². The number of aliphatic hydroxyl groups is 1. The molecule has 6 heteroatoms. The highest BCUT2D eigenvalue weighted by molar-refractivity contribution is 7.12. The van der Waals surface area contributed by atoms with Crippen molar-refractivity contribution >= 4 is 23.2 Å². The van der Waals surface area contributed by atoms with Crippen LogP contribution in [0.15, 0.2) is 17.5 Å². The van der Waals surface area contributed by atoms with Crippen molar-refractivity contribution in [2.24, 2.45) is 0 Å². The van der Waals surface area contributed by atoms with E-state index in [4.69, 9.17) is 0 Å². The number of nitrogens with zero attached hydrogens (tertiary/aromatic N) is 1. The molecule has 1 saturated heterocycles. The monoisotopic (exact) mass is 268 g/mol. The molecule has 98 valence electrons. The lowest BCUT2D eigenvalue weighted by Crippen LogP contribution is -2.46. The third-order valence-electron chi connectivity index (χ3n) is 2.94. The molecule has 5 nitrogen and oxygen atoms in total. The quantitative estimate of drug-likeness (QED) is 0.836. The maximum atomic E-state index is 12.0. The van der Waals surface area contributed by atoms with E-state index in [0.717, 1.165) is 0 Å². The molecule has 2 heterocycles. The van der Waals surface area contributed by atoms with Crippen molar-refractivity contribution in [3.8, 4) is 0 Å². The average molecular weight is 268 g/mol. The summed E-state index contributed by atoms with van der Waals surface area (Å²) in [7, 11) is 0. The van der Waals surface area contributed by atoms with Gasteiger partial charge in [-0.2, -0.15) is 0 Å². The van der Waals surface area contributed by atoms with Gasteiger partial charge < -0.3 is 15.3 Å². The van der Waals surface area contributed by atoms with Gasteiger partial charge in [-0.25, -0.2) is 0 Å². The summed E-state index contributed by atoms with van der Waals surface area (Å²) in [5, 5.41) is 13.9. The molecule has 18 heavy (non-hydrogen) atoms. The second-order valence-corrected chi connectivity index (χ2v) is 5.35. The van der Waals surface area contributed by atoms with Crippen LogP contribution in [0.5, 0.6) is 0 Å². The summed E-state index contributed by atoms with van der Waals surface area (Å²) >= 11 is 1.34. The van der Waals surface area contributed by atoms with Crippen LogP contribution in [-0.4, -0.2) is 47.1 Å². The number of β-amino-alcohol motifs (C(OH)–C–C–N with tert-alkyl or cyclic N) is 1.